The van der Waals surface area contributed by atoms with Crippen molar-refractivity contribution in [3.63, 3.8) is 0 Å². The standard InChI is InChI=1S/C15H19F2N3O2/c16-15(17)7-12(8-15)13(21)20-6-1-3-11(9-20)10-22-14-18-4-2-5-19-14/h2,4-5,11-12H,1,3,6-10H2. The van der Waals surface area contributed by atoms with Crippen LogP contribution in [0.1, 0.15) is 25.7 Å². The summed E-state index contributed by atoms with van der Waals surface area (Å²) < 4.78 is 31.3. The van der Waals surface area contributed by atoms with Crippen molar-refractivity contribution in [1.29, 1.82) is 0 Å². The third-order valence-electron chi connectivity index (χ3n) is 4.26. The molecule has 3 rings (SSSR count). The first kappa shape index (κ1) is 15.1. The summed E-state index contributed by atoms with van der Waals surface area (Å²) in [7, 11) is 0. The fourth-order valence-electron chi connectivity index (χ4n) is 3.05. The summed E-state index contributed by atoms with van der Waals surface area (Å²) in [6.07, 6.45) is 4.43. The van der Waals surface area contributed by atoms with Crippen molar-refractivity contribution >= 4 is 5.91 Å². The van der Waals surface area contributed by atoms with Crippen molar-refractivity contribution < 1.29 is 18.3 Å². The van der Waals surface area contributed by atoms with Gasteiger partial charge in [0.1, 0.15) is 0 Å². The molecule has 0 aromatic carbocycles. The molecule has 1 aliphatic heterocycles. The van der Waals surface area contributed by atoms with E-state index in [9.17, 15) is 13.6 Å². The van der Waals surface area contributed by atoms with Gasteiger partial charge in [0.25, 0.3) is 0 Å². The highest BCUT2D eigenvalue weighted by Gasteiger charge is 2.50. The van der Waals surface area contributed by atoms with Crippen LogP contribution in [0.15, 0.2) is 18.5 Å². The van der Waals surface area contributed by atoms with Crippen LogP contribution in [0.2, 0.25) is 0 Å². The number of hydrogen-bond acceptors (Lipinski definition) is 4. The predicted octanol–water partition coefficient (Wildman–Crippen LogP) is 2.14. The van der Waals surface area contributed by atoms with Crippen LogP contribution in [0.4, 0.5) is 8.78 Å². The van der Waals surface area contributed by atoms with Gasteiger partial charge in [0.15, 0.2) is 0 Å². The summed E-state index contributed by atoms with van der Waals surface area (Å²) in [6, 6.07) is 2.03. The van der Waals surface area contributed by atoms with Gasteiger partial charge in [-0.05, 0) is 18.9 Å². The average Bonchev–Trinajstić information content (AvgIpc) is 2.51. The van der Waals surface area contributed by atoms with Gasteiger partial charge < -0.3 is 9.64 Å². The molecule has 1 saturated heterocycles. The van der Waals surface area contributed by atoms with Crippen molar-refractivity contribution in [2.24, 2.45) is 11.8 Å². The summed E-state index contributed by atoms with van der Waals surface area (Å²) in [5.41, 5.74) is 0. The lowest BCUT2D eigenvalue weighted by atomic mass is 9.80. The lowest BCUT2D eigenvalue weighted by molar-refractivity contribution is -0.161. The van der Waals surface area contributed by atoms with E-state index in [1.165, 1.54) is 0 Å². The van der Waals surface area contributed by atoms with Gasteiger partial charge in [-0.25, -0.2) is 18.7 Å². The van der Waals surface area contributed by atoms with Gasteiger partial charge >= 0.3 is 6.01 Å². The number of nitrogens with zero attached hydrogens (tertiary/aromatic N) is 3. The molecule has 7 heteroatoms. The number of amides is 1. The van der Waals surface area contributed by atoms with Crippen LogP contribution in [0.5, 0.6) is 6.01 Å². The number of hydrogen-bond donors (Lipinski definition) is 0. The zero-order valence-electron chi connectivity index (χ0n) is 12.3. The van der Waals surface area contributed by atoms with Gasteiger partial charge in [-0.1, -0.05) is 0 Å². The van der Waals surface area contributed by atoms with E-state index in [4.69, 9.17) is 4.74 Å². The molecule has 2 aliphatic rings. The van der Waals surface area contributed by atoms with Gasteiger partial charge in [0.2, 0.25) is 11.8 Å². The van der Waals surface area contributed by atoms with Crippen LogP contribution in [0.25, 0.3) is 0 Å². The van der Waals surface area contributed by atoms with E-state index in [1.807, 2.05) is 0 Å². The molecule has 0 radical (unpaired) electrons. The van der Waals surface area contributed by atoms with E-state index in [1.54, 1.807) is 23.4 Å². The van der Waals surface area contributed by atoms with Crippen LogP contribution >= 0.6 is 0 Å². The maximum Gasteiger partial charge on any atom is 0.316 e. The Kier molecular flexibility index (Phi) is 4.22. The molecule has 0 N–H and O–H groups in total. The van der Waals surface area contributed by atoms with E-state index in [0.717, 1.165) is 12.8 Å². The zero-order valence-corrected chi connectivity index (χ0v) is 12.3. The summed E-state index contributed by atoms with van der Waals surface area (Å²) >= 11 is 0. The quantitative estimate of drug-likeness (QED) is 0.855. The Labute approximate surface area is 127 Å². The molecule has 5 nitrogen and oxygen atoms in total. The number of aromatic nitrogens is 2. The smallest absolute Gasteiger partial charge is 0.316 e. The molecule has 2 fully saturated rings. The summed E-state index contributed by atoms with van der Waals surface area (Å²) in [5.74, 6) is -3.09. The number of carbonyl (C=O) groups excluding carboxylic acids is 1. The number of carbonyl (C=O) groups is 1. The second kappa shape index (κ2) is 6.14. The van der Waals surface area contributed by atoms with Gasteiger partial charge in [-0.2, -0.15) is 0 Å². The summed E-state index contributed by atoms with van der Waals surface area (Å²) in [5, 5.41) is 0. The predicted molar refractivity (Wildman–Crippen MR) is 74.5 cm³/mol. The normalized spacial score (nSPS) is 24.6. The molecule has 0 bridgehead atoms. The molecule has 1 aliphatic carbocycles. The maximum absolute atomic E-state index is 12.9. The average molecular weight is 311 g/mol. The van der Waals surface area contributed by atoms with E-state index in [2.05, 4.69) is 9.97 Å². The third kappa shape index (κ3) is 3.51. The number of rotatable bonds is 4. The van der Waals surface area contributed by atoms with E-state index < -0.39 is 11.8 Å². The fraction of sp³-hybridized carbons (Fsp3) is 0.667. The van der Waals surface area contributed by atoms with Crippen molar-refractivity contribution in [2.45, 2.75) is 31.6 Å². The zero-order chi connectivity index (χ0) is 15.6. The van der Waals surface area contributed by atoms with E-state index in [0.29, 0.717) is 25.7 Å². The topological polar surface area (TPSA) is 55.3 Å². The lowest BCUT2D eigenvalue weighted by Crippen LogP contribution is -2.50. The Balaban J connectivity index is 1.48. The van der Waals surface area contributed by atoms with Crippen LogP contribution in [0, 0.1) is 11.8 Å². The molecule has 1 amide bonds. The molecule has 0 spiro atoms. The molecule has 2 heterocycles. The molecule has 120 valence electrons. The highest BCUT2D eigenvalue weighted by Crippen LogP contribution is 2.43. The summed E-state index contributed by atoms with van der Waals surface area (Å²) in [4.78, 5) is 21.9. The minimum Gasteiger partial charge on any atom is -0.463 e. The van der Waals surface area contributed by atoms with Crippen molar-refractivity contribution in [2.75, 3.05) is 19.7 Å². The van der Waals surface area contributed by atoms with Crippen LogP contribution in [-0.2, 0) is 4.79 Å². The third-order valence-corrected chi connectivity index (χ3v) is 4.26. The first-order valence-corrected chi connectivity index (χ1v) is 7.60. The molecule has 1 saturated carbocycles. The van der Waals surface area contributed by atoms with E-state index in [-0.39, 0.29) is 24.7 Å². The maximum atomic E-state index is 12.9. The van der Waals surface area contributed by atoms with Gasteiger partial charge in [-0.3, -0.25) is 4.79 Å². The molecule has 1 atom stereocenters. The van der Waals surface area contributed by atoms with Crippen LogP contribution in [-0.4, -0.2) is 46.4 Å². The van der Waals surface area contributed by atoms with Crippen LogP contribution < -0.4 is 4.74 Å². The number of halogens is 2. The second-order valence-electron chi connectivity index (χ2n) is 6.10. The van der Waals surface area contributed by atoms with Gasteiger partial charge in [0, 0.05) is 50.2 Å². The number of likely N-dealkylation sites (tertiary alicyclic amines) is 1. The van der Waals surface area contributed by atoms with Crippen molar-refractivity contribution in [1.82, 2.24) is 14.9 Å². The highest BCUT2D eigenvalue weighted by molar-refractivity contribution is 5.80. The largest absolute Gasteiger partial charge is 0.463 e. The molecular weight excluding hydrogens is 292 g/mol. The number of alkyl halides is 2. The first-order valence-electron chi connectivity index (χ1n) is 7.60. The highest BCUT2D eigenvalue weighted by atomic mass is 19.3. The molecule has 1 aromatic heterocycles. The Morgan fingerprint density at radius 1 is 1.36 bits per heavy atom. The molecule has 1 aromatic rings. The second-order valence-corrected chi connectivity index (χ2v) is 6.10. The van der Waals surface area contributed by atoms with Gasteiger partial charge in [-0.15, -0.1) is 0 Å². The van der Waals surface area contributed by atoms with E-state index >= 15 is 0 Å². The minimum absolute atomic E-state index is 0.133. The monoisotopic (exact) mass is 311 g/mol. The molecule has 22 heavy (non-hydrogen) atoms. The minimum atomic E-state index is -2.65. The number of ether oxygens (including phenoxy) is 1. The molecular formula is C15H19F2N3O2. The fourth-order valence-corrected chi connectivity index (χ4v) is 3.05. The first-order chi connectivity index (χ1) is 10.5. The Hall–Kier alpha value is -1.79. The molecule has 1 unspecified atom stereocenters. The van der Waals surface area contributed by atoms with Crippen molar-refractivity contribution in [3.05, 3.63) is 18.5 Å². The Bertz CT molecular complexity index is 519. The number of piperidine rings is 1. The lowest BCUT2D eigenvalue weighted by Gasteiger charge is -2.40. The van der Waals surface area contributed by atoms with Gasteiger partial charge in [0.05, 0.1) is 6.61 Å². The van der Waals surface area contributed by atoms with Crippen LogP contribution in [0.3, 0.4) is 0 Å². The SMILES string of the molecule is O=C(C1CC(F)(F)C1)N1CCCC(COc2ncccn2)C1. The summed E-state index contributed by atoms with van der Waals surface area (Å²) in [6.45, 7) is 1.65. The Morgan fingerprint density at radius 3 is 2.77 bits per heavy atom. The van der Waals surface area contributed by atoms with Crippen molar-refractivity contribution in [3.8, 4) is 6.01 Å². The Morgan fingerprint density at radius 2 is 2.09 bits per heavy atom.